The maximum Gasteiger partial charge on any atom is 0.380 e. The molecule has 2 aromatic heterocycles. The fourth-order valence-corrected chi connectivity index (χ4v) is 3.86. The molecule has 0 radical (unpaired) electrons. The first-order chi connectivity index (χ1) is 14.7. The topological polar surface area (TPSA) is 108 Å². The highest BCUT2D eigenvalue weighted by Crippen LogP contribution is 2.41. The molecule has 1 aliphatic heterocycles. The monoisotopic (exact) mass is 422 g/mol. The maximum absolute atomic E-state index is 13.5. The van der Waals surface area contributed by atoms with Crippen LogP contribution in [0.2, 0.25) is 0 Å². The van der Waals surface area contributed by atoms with Crippen LogP contribution in [0, 0.1) is 0 Å². The van der Waals surface area contributed by atoms with Gasteiger partial charge in [-0.2, -0.15) is 0 Å². The van der Waals surface area contributed by atoms with Crippen molar-refractivity contribution in [1.29, 1.82) is 0 Å². The second-order valence-corrected chi connectivity index (χ2v) is 7.78. The number of rotatable bonds is 2. The van der Waals surface area contributed by atoms with Crippen molar-refractivity contribution in [2.24, 2.45) is 0 Å². The summed E-state index contributed by atoms with van der Waals surface area (Å²) in [7, 11) is 2.90. The van der Waals surface area contributed by atoms with E-state index in [1.54, 1.807) is 12.2 Å². The minimum absolute atomic E-state index is 0.0176. The predicted octanol–water partition coefficient (Wildman–Crippen LogP) is 3.96. The molecule has 0 fully saturated rings. The molecule has 1 N–H and O–H groups in total. The van der Waals surface area contributed by atoms with Crippen molar-refractivity contribution in [2.75, 3.05) is 14.2 Å². The Bertz CT molecular complexity index is 1550. The molecule has 3 heterocycles. The molecule has 0 bridgehead atoms. The van der Waals surface area contributed by atoms with Gasteiger partial charge in [0, 0.05) is 17.5 Å². The first-order valence-electron chi connectivity index (χ1n) is 9.47. The Kier molecular flexibility index (Phi) is 3.86. The van der Waals surface area contributed by atoms with E-state index in [0.717, 1.165) is 0 Å². The lowest BCUT2D eigenvalue weighted by Gasteiger charge is -2.28. The number of phenols is 1. The lowest BCUT2D eigenvalue weighted by molar-refractivity contribution is 0.158. The Morgan fingerprint density at radius 3 is 2.35 bits per heavy atom. The lowest BCUT2D eigenvalue weighted by Crippen LogP contribution is -2.27. The average Bonchev–Trinajstić information content (AvgIpc) is 2.72. The quantitative estimate of drug-likeness (QED) is 0.294. The summed E-state index contributed by atoms with van der Waals surface area (Å²) in [5.41, 5.74) is -1.63. The van der Waals surface area contributed by atoms with Crippen LogP contribution in [-0.4, -0.2) is 24.9 Å². The SMILES string of the molecule is COc1cc2oc(=O)c3oc4c5c(cc(O)c4c(=O)c3c2cc1OC)OC(C)(C)C=C5. The van der Waals surface area contributed by atoms with Crippen LogP contribution < -0.4 is 25.3 Å². The predicted molar refractivity (Wildman–Crippen MR) is 115 cm³/mol. The van der Waals surface area contributed by atoms with E-state index in [-0.39, 0.29) is 33.3 Å². The number of hydrogen-bond acceptors (Lipinski definition) is 8. The molecular weight excluding hydrogens is 404 g/mol. The van der Waals surface area contributed by atoms with Crippen LogP contribution in [0.4, 0.5) is 0 Å². The average molecular weight is 422 g/mol. The van der Waals surface area contributed by atoms with Gasteiger partial charge in [0.25, 0.3) is 0 Å². The minimum Gasteiger partial charge on any atom is -0.507 e. The molecule has 0 saturated heterocycles. The van der Waals surface area contributed by atoms with Crippen LogP contribution in [0.25, 0.3) is 39.0 Å². The van der Waals surface area contributed by atoms with Crippen molar-refractivity contribution in [3.8, 4) is 23.0 Å². The Morgan fingerprint density at radius 2 is 1.65 bits per heavy atom. The molecule has 0 spiro atoms. The molecule has 2 aromatic carbocycles. The van der Waals surface area contributed by atoms with Crippen LogP contribution >= 0.6 is 0 Å². The number of phenolic OH excluding ortho intramolecular Hbond substituents is 1. The zero-order chi connectivity index (χ0) is 22.1. The molecule has 0 amide bonds. The summed E-state index contributed by atoms with van der Waals surface area (Å²) in [4.78, 5) is 26.2. The van der Waals surface area contributed by atoms with Gasteiger partial charge in [-0.15, -0.1) is 0 Å². The van der Waals surface area contributed by atoms with Crippen molar-refractivity contribution >= 4 is 39.0 Å². The highest BCUT2D eigenvalue weighted by molar-refractivity contribution is 6.08. The van der Waals surface area contributed by atoms with Crippen molar-refractivity contribution in [3.63, 3.8) is 0 Å². The van der Waals surface area contributed by atoms with Gasteiger partial charge in [0.05, 0.1) is 25.2 Å². The normalized spacial score (nSPS) is 14.6. The standard InChI is InChI=1S/C23H18O8/c1-23(2)6-5-10-14(31-23)8-12(24)18-19(25)17-11-7-15(27-3)16(28-4)9-13(11)29-22(26)21(17)30-20(10)18/h5-9,24H,1-4H3. The third-order valence-electron chi connectivity index (χ3n) is 5.31. The molecule has 158 valence electrons. The smallest absolute Gasteiger partial charge is 0.380 e. The van der Waals surface area contributed by atoms with E-state index >= 15 is 0 Å². The fourth-order valence-electron chi connectivity index (χ4n) is 3.86. The Balaban J connectivity index is 1.98. The molecule has 0 saturated carbocycles. The summed E-state index contributed by atoms with van der Waals surface area (Å²) >= 11 is 0. The van der Waals surface area contributed by atoms with E-state index in [1.807, 2.05) is 13.8 Å². The van der Waals surface area contributed by atoms with Gasteiger partial charge in [-0.05, 0) is 32.1 Å². The second-order valence-electron chi connectivity index (χ2n) is 7.78. The van der Waals surface area contributed by atoms with E-state index in [1.165, 1.54) is 32.4 Å². The highest BCUT2D eigenvalue weighted by Gasteiger charge is 2.28. The van der Waals surface area contributed by atoms with Crippen molar-refractivity contribution < 1.29 is 28.2 Å². The summed E-state index contributed by atoms with van der Waals surface area (Å²) in [5, 5.41) is 10.9. The van der Waals surface area contributed by atoms with Gasteiger partial charge >= 0.3 is 5.63 Å². The molecule has 1 aliphatic rings. The van der Waals surface area contributed by atoms with Crippen LogP contribution in [0.1, 0.15) is 19.4 Å². The summed E-state index contributed by atoms with van der Waals surface area (Å²) < 4.78 is 27.7. The number of benzene rings is 2. The minimum atomic E-state index is -0.827. The van der Waals surface area contributed by atoms with E-state index in [0.29, 0.717) is 28.2 Å². The van der Waals surface area contributed by atoms with Gasteiger partial charge in [0.15, 0.2) is 17.1 Å². The van der Waals surface area contributed by atoms with E-state index in [4.69, 9.17) is 23.0 Å². The summed E-state index contributed by atoms with van der Waals surface area (Å²) in [6.07, 6.45) is 3.54. The van der Waals surface area contributed by atoms with Crippen LogP contribution in [0.3, 0.4) is 0 Å². The first-order valence-corrected chi connectivity index (χ1v) is 9.47. The molecule has 0 atom stereocenters. The summed E-state index contributed by atoms with van der Waals surface area (Å²) in [6, 6.07) is 4.37. The van der Waals surface area contributed by atoms with Gasteiger partial charge < -0.3 is 28.2 Å². The summed E-state index contributed by atoms with van der Waals surface area (Å²) in [5.74, 6) is 0.719. The third kappa shape index (κ3) is 2.68. The van der Waals surface area contributed by atoms with Gasteiger partial charge in [0.1, 0.15) is 28.1 Å². The zero-order valence-electron chi connectivity index (χ0n) is 17.2. The van der Waals surface area contributed by atoms with Crippen molar-refractivity contribution in [2.45, 2.75) is 19.4 Å². The lowest BCUT2D eigenvalue weighted by atomic mass is 9.99. The molecule has 0 aliphatic carbocycles. The molecule has 5 rings (SSSR count). The Labute approximate surface area is 174 Å². The van der Waals surface area contributed by atoms with Gasteiger partial charge in [-0.25, -0.2) is 4.79 Å². The highest BCUT2D eigenvalue weighted by atomic mass is 16.5. The molecular formula is C23H18O8. The van der Waals surface area contributed by atoms with Gasteiger partial charge in [-0.1, -0.05) is 0 Å². The summed E-state index contributed by atoms with van der Waals surface area (Å²) in [6.45, 7) is 3.71. The third-order valence-corrected chi connectivity index (χ3v) is 5.31. The number of fused-ring (bicyclic) bond motifs is 6. The molecule has 31 heavy (non-hydrogen) atoms. The largest absolute Gasteiger partial charge is 0.507 e. The maximum atomic E-state index is 13.5. The van der Waals surface area contributed by atoms with Crippen LogP contribution in [0.15, 0.2) is 42.7 Å². The van der Waals surface area contributed by atoms with Gasteiger partial charge in [0.2, 0.25) is 11.0 Å². The van der Waals surface area contributed by atoms with E-state index < -0.39 is 16.7 Å². The van der Waals surface area contributed by atoms with E-state index in [9.17, 15) is 14.7 Å². The fraction of sp³-hybridized carbons (Fsp3) is 0.217. The Hall–Kier alpha value is -3.94. The first kappa shape index (κ1) is 19.0. The molecule has 8 heteroatoms. The zero-order valence-corrected chi connectivity index (χ0v) is 17.2. The number of methoxy groups -OCH3 is 2. The van der Waals surface area contributed by atoms with Crippen molar-refractivity contribution in [3.05, 3.63) is 50.5 Å². The van der Waals surface area contributed by atoms with E-state index in [2.05, 4.69) is 0 Å². The molecule has 4 aromatic rings. The van der Waals surface area contributed by atoms with Gasteiger partial charge in [-0.3, -0.25) is 4.79 Å². The van der Waals surface area contributed by atoms with Crippen LogP contribution in [0.5, 0.6) is 23.0 Å². The number of hydrogen-bond donors (Lipinski definition) is 1. The number of aromatic hydroxyl groups is 1. The van der Waals surface area contributed by atoms with Crippen LogP contribution in [-0.2, 0) is 0 Å². The molecule has 0 unspecified atom stereocenters. The number of ether oxygens (including phenoxy) is 3. The van der Waals surface area contributed by atoms with Crippen molar-refractivity contribution in [1.82, 2.24) is 0 Å². The molecule has 8 nitrogen and oxygen atoms in total. The Morgan fingerprint density at radius 1 is 0.935 bits per heavy atom. The second kappa shape index (κ2) is 6.28.